The Balaban J connectivity index is 1.49. The molecule has 3 heterocycles. The van der Waals surface area contributed by atoms with Gasteiger partial charge in [0.1, 0.15) is 29.4 Å². The zero-order chi connectivity index (χ0) is 26.1. The Bertz CT molecular complexity index is 1540. The maximum Gasteiger partial charge on any atom is 0.298 e. The number of piperidine rings is 1. The van der Waals surface area contributed by atoms with Crippen molar-refractivity contribution in [3.05, 3.63) is 60.4 Å². The molecule has 188 valence electrons. The van der Waals surface area contributed by atoms with Gasteiger partial charge in [0.25, 0.3) is 5.91 Å². The van der Waals surface area contributed by atoms with Crippen LogP contribution in [0.15, 0.2) is 48.8 Å². The van der Waals surface area contributed by atoms with Crippen molar-refractivity contribution in [3.8, 4) is 34.6 Å². The Morgan fingerprint density at radius 2 is 1.92 bits per heavy atom. The number of fused-ring (bicyclic) bond motifs is 1. The Morgan fingerprint density at radius 1 is 1.14 bits per heavy atom. The number of carbonyl (C=O) groups is 1. The number of nitrogens with two attached hydrogens (primary N) is 1. The van der Waals surface area contributed by atoms with Crippen LogP contribution in [0.3, 0.4) is 0 Å². The number of amides is 1. The summed E-state index contributed by atoms with van der Waals surface area (Å²) >= 11 is 0. The molecule has 1 amide bonds. The topological polar surface area (TPSA) is 99.2 Å². The number of hydrogen-bond acceptors (Lipinski definition) is 6. The molecular weight excluding hydrogens is 478 g/mol. The number of nitrogen functional groups attached to an aromatic ring is 1. The molecule has 5 rings (SSSR count). The van der Waals surface area contributed by atoms with E-state index in [2.05, 4.69) is 21.8 Å². The first kappa shape index (κ1) is 24.2. The summed E-state index contributed by atoms with van der Waals surface area (Å²) in [6, 6.07) is 9.94. The number of nitrogens with zero attached hydrogens (tertiary/aromatic N) is 5. The second-order valence-electron chi connectivity index (χ2n) is 8.86. The van der Waals surface area contributed by atoms with Gasteiger partial charge in [0, 0.05) is 24.2 Å². The van der Waals surface area contributed by atoms with Crippen LogP contribution in [0.2, 0.25) is 0 Å². The van der Waals surface area contributed by atoms with Crippen molar-refractivity contribution in [3.63, 3.8) is 0 Å². The Hall–Kier alpha value is -4.52. The van der Waals surface area contributed by atoms with Crippen molar-refractivity contribution in [1.82, 2.24) is 24.6 Å². The van der Waals surface area contributed by atoms with Gasteiger partial charge in [-0.2, -0.15) is 5.10 Å². The normalized spacial score (nSPS) is 17.4. The van der Waals surface area contributed by atoms with Crippen LogP contribution in [-0.4, -0.2) is 43.1 Å². The van der Waals surface area contributed by atoms with Crippen molar-refractivity contribution in [2.24, 2.45) is 0 Å². The quantitative estimate of drug-likeness (QED) is 0.406. The molecule has 37 heavy (non-hydrogen) atoms. The maximum absolute atomic E-state index is 14.0. The van der Waals surface area contributed by atoms with Gasteiger partial charge in [0.05, 0.1) is 11.4 Å². The molecule has 0 unspecified atom stereocenters. The first-order valence-corrected chi connectivity index (χ1v) is 11.8. The first-order chi connectivity index (χ1) is 17.9. The highest BCUT2D eigenvalue weighted by Crippen LogP contribution is 2.35. The van der Waals surface area contributed by atoms with Crippen molar-refractivity contribution >= 4 is 22.8 Å². The van der Waals surface area contributed by atoms with E-state index in [1.54, 1.807) is 36.1 Å². The number of likely N-dealkylation sites (tertiary alicyclic amines) is 1. The molecule has 0 spiro atoms. The Morgan fingerprint density at radius 3 is 2.65 bits per heavy atom. The molecule has 1 aliphatic rings. The third kappa shape index (κ3) is 4.68. The molecule has 8 nitrogen and oxygen atoms in total. The van der Waals surface area contributed by atoms with Crippen LogP contribution >= 0.6 is 0 Å². The lowest BCUT2D eigenvalue weighted by Gasteiger charge is -2.37. The summed E-state index contributed by atoms with van der Waals surface area (Å²) in [6.07, 6.45) is 3.00. The van der Waals surface area contributed by atoms with E-state index in [9.17, 15) is 13.6 Å². The molecule has 0 radical (unpaired) electrons. The fraction of sp³-hybridized carbons (Fsp3) is 0.259. The summed E-state index contributed by atoms with van der Waals surface area (Å²) < 4.78 is 34.6. The minimum absolute atomic E-state index is 0.0732. The van der Waals surface area contributed by atoms with E-state index in [0.717, 1.165) is 30.5 Å². The van der Waals surface area contributed by atoms with Crippen molar-refractivity contribution < 1.29 is 18.3 Å². The highest BCUT2D eigenvalue weighted by Gasteiger charge is 2.32. The van der Waals surface area contributed by atoms with Gasteiger partial charge in [-0.1, -0.05) is 5.92 Å². The predicted octanol–water partition coefficient (Wildman–Crippen LogP) is 4.72. The highest BCUT2D eigenvalue weighted by molar-refractivity contribution is 5.98. The molecule has 1 saturated heterocycles. The molecule has 0 bridgehead atoms. The summed E-state index contributed by atoms with van der Waals surface area (Å²) in [6.45, 7) is 4.11. The summed E-state index contributed by atoms with van der Waals surface area (Å²) in [5.74, 6) is 4.20. The predicted molar refractivity (Wildman–Crippen MR) is 134 cm³/mol. The van der Waals surface area contributed by atoms with E-state index in [-0.39, 0.29) is 29.6 Å². The number of hydrogen-bond donors (Lipinski definition) is 1. The summed E-state index contributed by atoms with van der Waals surface area (Å²) in [7, 11) is 0. The van der Waals surface area contributed by atoms with Crippen molar-refractivity contribution in [2.75, 3.05) is 12.3 Å². The zero-order valence-electron chi connectivity index (χ0n) is 20.3. The monoisotopic (exact) mass is 502 g/mol. The fourth-order valence-corrected chi connectivity index (χ4v) is 4.57. The van der Waals surface area contributed by atoms with E-state index in [1.165, 1.54) is 12.4 Å². The molecule has 1 aliphatic heterocycles. The summed E-state index contributed by atoms with van der Waals surface area (Å²) in [5.41, 5.74) is 8.13. The van der Waals surface area contributed by atoms with Gasteiger partial charge in [-0.3, -0.25) is 4.79 Å². The van der Waals surface area contributed by atoms with Gasteiger partial charge < -0.3 is 15.4 Å². The SMILES string of the molecule is CC#CC(=O)N1C[C@@H](n2nc(-c3ccc(Oc4ccc(F)cc4F)cc3)c3c(N)ncnc32)CC[C@H]1C. The second kappa shape index (κ2) is 9.85. The number of anilines is 1. The lowest BCUT2D eigenvalue weighted by molar-refractivity contribution is -0.129. The van der Waals surface area contributed by atoms with Crippen LogP contribution in [0.25, 0.3) is 22.3 Å². The number of benzene rings is 2. The van der Waals surface area contributed by atoms with Crippen LogP contribution in [-0.2, 0) is 4.79 Å². The van der Waals surface area contributed by atoms with Crippen LogP contribution in [0.1, 0.15) is 32.7 Å². The molecule has 0 saturated carbocycles. The number of aromatic nitrogens is 4. The molecule has 2 atom stereocenters. The van der Waals surface area contributed by atoms with Crippen molar-refractivity contribution in [1.29, 1.82) is 0 Å². The molecule has 0 aliphatic carbocycles. The summed E-state index contributed by atoms with van der Waals surface area (Å²) in [5, 5.41) is 5.47. The van der Waals surface area contributed by atoms with Gasteiger partial charge >= 0.3 is 0 Å². The van der Waals surface area contributed by atoms with Gasteiger partial charge in [0.15, 0.2) is 17.2 Å². The van der Waals surface area contributed by atoms with E-state index in [1.807, 2.05) is 11.6 Å². The fourth-order valence-electron chi connectivity index (χ4n) is 4.57. The molecule has 4 aromatic rings. The van der Waals surface area contributed by atoms with E-state index in [4.69, 9.17) is 15.6 Å². The molecule has 2 N–H and O–H groups in total. The van der Waals surface area contributed by atoms with Gasteiger partial charge in [-0.15, -0.1) is 0 Å². The standard InChI is InChI=1S/C27H24F2N6O2/c1-3-4-23(36)34-14-19(9-5-16(34)2)35-27-24(26(30)31-15-32-27)25(33-35)17-6-10-20(11-7-17)37-22-12-8-18(28)13-21(22)29/h6-8,10-13,15-16,19H,5,9,14H2,1-2H3,(H2,30,31,32)/t16-,19+/m1/s1. The number of rotatable bonds is 4. The lowest BCUT2D eigenvalue weighted by Crippen LogP contribution is -2.45. The second-order valence-corrected chi connectivity index (χ2v) is 8.86. The highest BCUT2D eigenvalue weighted by atomic mass is 19.1. The lowest BCUT2D eigenvalue weighted by atomic mass is 9.99. The molecule has 10 heteroatoms. The third-order valence-corrected chi connectivity index (χ3v) is 6.46. The molecular formula is C27H24F2N6O2. The number of halogens is 2. The molecule has 2 aromatic heterocycles. The van der Waals surface area contributed by atoms with Crippen LogP contribution in [0.4, 0.5) is 14.6 Å². The zero-order valence-corrected chi connectivity index (χ0v) is 20.3. The van der Waals surface area contributed by atoms with Gasteiger partial charge in [0.2, 0.25) is 0 Å². The number of ether oxygens (including phenoxy) is 1. The average molecular weight is 503 g/mol. The smallest absolute Gasteiger partial charge is 0.298 e. The van der Waals surface area contributed by atoms with Crippen LogP contribution in [0.5, 0.6) is 11.5 Å². The Kier molecular flexibility index (Phi) is 6.44. The summed E-state index contributed by atoms with van der Waals surface area (Å²) in [4.78, 5) is 22.9. The molecule has 2 aromatic carbocycles. The third-order valence-electron chi connectivity index (χ3n) is 6.46. The van der Waals surface area contributed by atoms with Crippen LogP contribution < -0.4 is 10.5 Å². The molecule has 1 fully saturated rings. The largest absolute Gasteiger partial charge is 0.454 e. The minimum atomic E-state index is -0.794. The number of carbonyl (C=O) groups excluding carboxylic acids is 1. The minimum Gasteiger partial charge on any atom is -0.454 e. The Labute approximate surface area is 212 Å². The average Bonchev–Trinajstić information content (AvgIpc) is 3.28. The van der Waals surface area contributed by atoms with E-state index < -0.39 is 11.6 Å². The van der Waals surface area contributed by atoms with Gasteiger partial charge in [-0.05, 0) is 69.0 Å². The van der Waals surface area contributed by atoms with Gasteiger partial charge in [-0.25, -0.2) is 23.4 Å². The van der Waals surface area contributed by atoms with Crippen LogP contribution in [0, 0.1) is 23.5 Å². The maximum atomic E-state index is 14.0. The van der Waals surface area contributed by atoms with E-state index >= 15 is 0 Å². The van der Waals surface area contributed by atoms with Crippen molar-refractivity contribution in [2.45, 2.75) is 38.8 Å². The first-order valence-electron chi connectivity index (χ1n) is 11.8. The van der Waals surface area contributed by atoms with E-state index in [0.29, 0.717) is 29.0 Å².